The van der Waals surface area contributed by atoms with E-state index in [1.165, 1.54) is 19.3 Å². The van der Waals surface area contributed by atoms with Crippen molar-refractivity contribution in [1.29, 1.82) is 0 Å². The van der Waals surface area contributed by atoms with Crippen LogP contribution in [0.25, 0.3) is 0 Å². The average Bonchev–Trinajstić information content (AvgIpc) is 3.01. The second kappa shape index (κ2) is 5.46. The highest BCUT2D eigenvalue weighted by molar-refractivity contribution is 5.36. The highest BCUT2D eigenvalue weighted by Crippen LogP contribution is 2.52. The second-order valence-electron chi connectivity index (χ2n) is 7.55. The molecule has 3 atom stereocenters. The molecule has 1 N–H and O–H groups in total. The van der Waals surface area contributed by atoms with Crippen molar-refractivity contribution in [2.24, 2.45) is 11.3 Å². The lowest BCUT2D eigenvalue weighted by molar-refractivity contribution is -0.116. The van der Waals surface area contributed by atoms with Gasteiger partial charge in [0, 0.05) is 49.3 Å². The second-order valence-corrected chi connectivity index (χ2v) is 7.55. The van der Waals surface area contributed by atoms with Gasteiger partial charge >= 0.3 is 0 Å². The molecule has 1 aromatic rings. The highest BCUT2D eigenvalue weighted by Gasteiger charge is 2.59. The molecule has 2 aliphatic heterocycles. The molecule has 1 aromatic heterocycles. The van der Waals surface area contributed by atoms with Crippen molar-refractivity contribution in [3.63, 3.8) is 0 Å². The maximum Gasteiger partial charge on any atom is 0.151 e. The number of ether oxygens (including phenoxy) is 1. The van der Waals surface area contributed by atoms with Crippen LogP contribution in [0.1, 0.15) is 33.1 Å². The standard InChI is InChI=1S/C17H26N4O/c1-17(2)15(13-7-11-22-16(13)17)19-12-5-9-21(10-6-12)14-4-3-8-18-20-14/h3-4,8,12-13,15-16,19H,5-7,9-11H2,1-2H3/t13-,15?,16-/m0/s1. The van der Waals surface area contributed by atoms with Crippen molar-refractivity contribution < 1.29 is 4.74 Å². The fourth-order valence-corrected chi connectivity index (χ4v) is 4.65. The van der Waals surface area contributed by atoms with Crippen molar-refractivity contribution in [2.75, 3.05) is 24.6 Å². The SMILES string of the molecule is CC1(C)C(NC2CCN(c3cccnn3)CC2)[C@@H]2CCO[C@@H]21. The number of anilines is 1. The van der Waals surface area contributed by atoms with Crippen molar-refractivity contribution in [3.8, 4) is 0 Å². The molecule has 0 aromatic carbocycles. The van der Waals surface area contributed by atoms with Crippen LogP contribution in [0.3, 0.4) is 0 Å². The van der Waals surface area contributed by atoms with Gasteiger partial charge in [0.25, 0.3) is 0 Å². The molecule has 1 aliphatic carbocycles. The Kier molecular flexibility index (Phi) is 3.57. The third kappa shape index (κ3) is 2.31. The first kappa shape index (κ1) is 14.4. The summed E-state index contributed by atoms with van der Waals surface area (Å²) >= 11 is 0. The van der Waals surface area contributed by atoms with Gasteiger partial charge in [0.05, 0.1) is 6.10 Å². The summed E-state index contributed by atoms with van der Waals surface area (Å²) in [5.41, 5.74) is 0.281. The fourth-order valence-electron chi connectivity index (χ4n) is 4.65. The molecule has 5 heteroatoms. The molecule has 5 nitrogen and oxygen atoms in total. The lowest BCUT2D eigenvalue weighted by Crippen LogP contribution is -2.67. The molecule has 0 amide bonds. The number of hydrogen-bond donors (Lipinski definition) is 1. The van der Waals surface area contributed by atoms with Crippen LogP contribution in [-0.4, -0.2) is 48.1 Å². The molecule has 1 unspecified atom stereocenters. The minimum Gasteiger partial charge on any atom is -0.377 e. The van der Waals surface area contributed by atoms with Gasteiger partial charge < -0.3 is 15.0 Å². The number of aromatic nitrogens is 2. The molecule has 3 heterocycles. The molecule has 1 saturated carbocycles. The molecular weight excluding hydrogens is 276 g/mol. The summed E-state index contributed by atoms with van der Waals surface area (Å²) in [6.07, 6.45) is 5.80. The number of nitrogens with zero attached hydrogens (tertiary/aromatic N) is 3. The van der Waals surface area contributed by atoms with Gasteiger partial charge in [-0.15, -0.1) is 5.10 Å². The summed E-state index contributed by atoms with van der Waals surface area (Å²) in [6.45, 7) is 7.78. The Morgan fingerprint density at radius 3 is 2.82 bits per heavy atom. The highest BCUT2D eigenvalue weighted by atomic mass is 16.5. The molecule has 3 fully saturated rings. The van der Waals surface area contributed by atoms with E-state index in [4.69, 9.17) is 4.74 Å². The summed E-state index contributed by atoms with van der Waals surface area (Å²) in [4.78, 5) is 2.35. The minimum atomic E-state index is 0.281. The van der Waals surface area contributed by atoms with Crippen molar-refractivity contribution in [2.45, 2.75) is 51.3 Å². The first-order valence-corrected chi connectivity index (χ1v) is 8.56. The smallest absolute Gasteiger partial charge is 0.151 e. The molecule has 0 spiro atoms. The lowest BCUT2D eigenvalue weighted by Gasteiger charge is -2.56. The van der Waals surface area contributed by atoms with Gasteiger partial charge in [-0.05, 0) is 31.4 Å². The molecule has 0 bridgehead atoms. The van der Waals surface area contributed by atoms with Gasteiger partial charge in [-0.3, -0.25) is 0 Å². The summed E-state index contributed by atoms with van der Waals surface area (Å²) in [5, 5.41) is 12.2. The maximum absolute atomic E-state index is 5.90. The molecule has 4 rings (SSSR count). The topological polar surface area (TPSA) is 50.3 Å². The largest absolute Gasteiger partial charge is 0.377 e. The summed E-state index contributed by atoms with van der Waals surface area (Å²) in [7, 11) is 0. The minimum absolute atomic E-state index is 0.281. The van der Waals surface area contributed by atoms with E-state index in [0.29, 0.717) is 18.2 Å². The van der Waals surface area contributed by atoms with Crippen LogP contribution in [0.5, 0.6) is 0 Å². The number of hydrogen-bond acceptors (Lipinski definition) is 5. The Balaban J connectivity index is 1.33. The molecule has 2 saturated heterocycles. The Labute approximate surface area is 132 Å². The molecule has 22 heavy (non-hydrogen) atoms. The fraction of sp³-hybridized carbons (Fsp3) is 0.765. The number of nitrogens with one attached hydrogen (secondary N) is 1. The Morgan fingerprint density at radius 1 is 1.27 bits per heavy atom. The van der Waals surface area contributed by atoms with E-state index >= 15 is 0 Å². The van der Waals surface area contributed by atoms with E-state index in [2.05, 4.69) is 40.3 Å². The van der Waals surface area contributed by atoms with Gasteiger partial charge in [0.1, 0.15) is 0 Å². The zero-order chi connectivity index (χ0) is 15.2. The van der Waals surface area contributed by atoms with E-state index in [9.17, 15) is 0 Å². The van der Waals surface area contributed by atoms with Crippen molar-refractivity contribution in [3.05, 3.63) is 18.3 Å². The van der Waals surface area contributed by atoms with Gasteiger partial charge in [-0.2, -0.15) is 5.10 Å². The zero-order valence-electron chi connectivity index (χ0n) is 13.5. The predicted octanol–water partition coefficient (Wildman–Crippen LogP) is 1.85. The molecule has 120 valence electrons. The van der Waals surface area contributed by atoms with Gasteiger partial charge in [0.15, 0.2) is 5.82 Å². The summed E-state index contributed by atoms with van der Waals surface area (Å²) < 4.78 is 5.90. The van der Waals surface area contributed by atoms with Crippen molar-refractivity contribution >= 4 is 5.82 Å². The quantitative estimate of drug-likeness (QED) is 0.923. The monoisotopic (exact) mass is 302 g/mol. The zero-order valence-corrected chi connectivity index (χ0v) is 13.5. The number of rotatable bonds is 3. The van der Waals surface area contributed by atoms with Gasteiger partial charge in [0.2, 0.25) is 0 Å². The van der Waals surface area contributed by atoms with Crippen LogP contribution in [0, 0.1) is 11.3 Å². The van der Waals surface area contributed by atoms with E-state index in [0.717, 1.165) is 31.4 Å². The van der Waals surface area contributed by atoms with Crippen LogP contribution in [0.2, 0.25) is 0 Å². The number of fused-ring (bicyclic) bond motifs is 1. The van der Waals surface area contributed by atoms with E-state index < -0.39 is 0 Å². The first-order valence-electron chi connectivity index (χ1n) is 8.56. The van der Waals surface area contributed by atoms with E-state index in [1.54, 1.807) is 6.20 Å². The summed E-state index contributed by atoms with van der Waals surface area (Å²) in [5.74, 6) is 1.74. The molecule has 0 radical (unpaired) electrons. The Morgan fingerprint density at radius 2 is 2.09 bits per heavy atom. The third-order valence-electron chi connectivity index (χ3n) is 5.89. The van der Waals surface area contributed by atoms with Crippen LogP contribution in [0.15, 0.2) is 18.3 Å². The Hall–Kier alpha value is -1.20. The van der Waals surface area contributed by atoms with Crippen molar-refractivity contribution in [1.82, 2.24) is 15.5 Å². The molecule has 3 aliphatic rings. The van der Waals surface area contributed by atoms with Crippen LogP contribution < -0.4 is 10.2 Å². The van der Waals surface area contributed by atoms with Gasteiger partial charge in [-0.1, -0.05) is 13.8 Å². The normalized spacial score (nSPS) is 34.3. The number of piperidine rings is 1. The average molecular weight is 302 g/mol. The first-order chi connectivity index (χ1) is 10.7. The lowest BCUT2D eigenvalue weighted by atomic mass is 9.57. The van der Waals surface area contributed by atoms with E-state index in [-0.39, 0.29) is 5.41 Å². The van der Waals surface area contributed by atoms with E-state index in [1.807, 2.05) is 6.07 Å². The van der Waals surface area contributed by atoms with Crippen LogP contribution in [0.4, 0.5) is 5.82 Å². The summed E-state index contributed by atoms with van der Waals surface area (Å²) in [6, 6.07) is 5.26. The Bertz CT molecular complexity index is 513. The van der Waals surface area contributed by atoms with Gasteiger partial charge in [-0.25, -0.2) is 0 Å². The van der Waals surface area contributed by atoms with Crippen LogP contribution in [-0.2, 0) is 4.74 Å². The van der Waals surface area contributed by atoms with Crippen LogP contribution >= 0.6 is 0 Å². The third-order valence-corrected chi connectivity index (χ3v) is 5.89. The molecular formula is C17H26N4O. The predicted molar refractivity (Wildman–Crippen MR) is 85.8 cm³/mol. The maximum atomic E-state index is 5.90.